The largest absolute Gasteiger partial charge is 0.486 e. The maximum Gasteiger partial charge on any atom is 0.307 e. The highest BCUT2D eigenvalue weighted by atomic mass is 16.5. The van der Waals surface area contributed by atoms with Crippen molar-refractivity contribution in [3.8, 4) is 5.75 Å². The van der Waals surface area contributed by atoms with Crippen molar-refractivity contribution in [1.29, 1.82) is 0 Å². The first-order valence-corrected chi connectivity index (χ1v) is 11.8. The number of ether oxygens (including phenoxy) is 1. The standard InChI is InChI=1S/C27H30N4O4/c32-26(11-5-7-15-29-25-10-4-6-14-28-25)30-21-12-13-24-23(16-21)31(18-20-8-2-1-3-9-20)19-22(35-24)17-27(33)34/h1-4,6,8-10,12-14,16,22H,5,7,11,15,17-19H2,(H,28,29)(H,30,32)(H,33,34). The van der Waals surface area contributed by atoms with E-state index in [0.29, 0.717) is 30.9 Å². The van der Waals surface area contributed by atoms with Crippen LogP contribution in [0.2, 0.25) is 0 Å². The number of hydrogen-bond acceptors (Lipinski definition) is 6. The molecule has 8 heteroatoms. The molecule has 0 bridgehead atoms. The van der Waals surface area contributed by atoms with Crippen molar-refractivity contribution < 1.29 is 19.4 Å². The maximum absolute atomic E-state index is 12.5. The summed E-state index contributed by atoms with van der Waals surface area (Å²) < 4.78 is 5.95. The summed E-state index contributed by atoms with van der Waals surface area (Å²) in [5, 5.41) is 15.5. The van der Waals surface area contributed by atoms with Crippen LogP contribution in [0.3, 0.4) is 0 Å². The fraction of sp³-hybridized carbons (Fsp3) is 0.296. The lowest BCUT2D eigenvalue weighted by Crippen LogP contribution is -2.40. The third kappa shape index (κ3) is 7.20. The molecule has 2 aromatic carbocycles. The molecule has 182 valence electrons. The number of nitrogens with zero attached hydrogens (tertiary/aromatic N) is 2. The number of amides is 1. The van der Waals surface area contributed by atoms with Crippen LogP contribution in [0.25, 0.3) is 0 Å². The predicted molar refractivity (Wildman–Crippen MR) is 136 cm³/mol. The molecule has 3 aromatic rings. The average Bonchev–Trinajstić information content (AvgIpc) is 2.85. The van der Waals surface area contributed by atoms with Gasteiger partial charge in [-0.15, -0.1) is 0 Å². The molecular weight excluding hydrogens is 444 g/mol. The quantitative estimate of drug-likeness (QED) is 0.350. The summed E-state index contributed by atoms with van der Waals surface area (Å²) in [6.45, 7) is 1.83. The van der Waals surface area contributed by atoms with Crippen molar-refractivity contribution in [3.63, 3.8) is 0 Å². The van der Waals surface area contributed by atoms with E-state index in [1.165, 1.54) is 0 Å². The van der Waals surface area contributed by atoms with Crippen molar-refractivity contribution in [2.24, 2.45) is 0 Å². The van der Waals surface area contributed by atoms with Crippen molar-refractivity contribution in [2.75, 3.05) is 28.6 Å². The van der Waals surface area contributed by atoms with Gasteiger partial charge >= 0.3 is 5.97 Å². The number of carboxylic acids is 1. The van der Waals surface area contributed by atoms with Crippen LogP contribution in [0, 0.1) is 0 Å². The number of aromatic nitrogens is 1. The zero-order chi connectivity index (χ0) is 24.5. The lowest BCUT2D eigenvalue weighted by molar-refractivity contribution is -0.138. The highest BCUT2D eigenvalue weighted by molar-refractivity contribution is 5.91. The van der Waals surface area contributed by atoms with Crippen molar-refractivity contribution >= 4 is 29.1 Å². The van der Waals surface area contributed by atoms with Crippen molar-refractivity contribution in [1.82, 2.24) is 4.98 Å². The second-order valence-electron chi connectivity index (χ2n) is 8.53. The van der Waals surface area contributed by atoms with Gasteiger partial charge in [-0.25, -0.2) is 4.98 Å². The van der Waals surface area contributed by atoms with Gasteiger partial charge in [0.25, 0.3) is 0 Å². The maximum atomic E-state index is 12.5. The van der Waals surface area contributed by atoms with Crippen LogP contribution in [0.5, 0.6) is 5.75 Å². The van der Waals surface area contributed by atoms with Gasteiger partial charge in [-0.1, -0.05) is 36.4 Å². The molecule has 0 saturated carbocycles. The highest BCUT2D eigenvalue weighted by Crippen LogP contribution is 2.37. The number of carboxylic acid groups (broad SMARTS) is 1. The minimum Gasteiger partial charge on any atom is -0.486 e. The first kappa shape index (κ1) is 24.1. The van der Waals surface area contributed by atoms with Gasteiger partial charge in [0.2, 0.25) is 5.91 Å². The predicted octanol–water partition coefficient (Wildman–Crippen LogP) is 4.54. The number of benzene rings is 2. The summed E-state index contributed by atoms with van der Waals surface area (Å²) in [4.78, 5) is 30.1. The van der Waals surface area contributed by atoms with Crippen LogP contribution in [-0.2, 0) is 16.1 Å². The second kappa shape index (κ2) is 11.9. The molecule has 8 nitrogen and oxygen atoms in total. The summed E-state index contributed by atoms with van der Waals surface area (Å²) in [6.07, 6.45) is 3.27. The molecule has 3 N–H and O–H groups in total. The number of hydrogen-bond donors (Lipinski definition) is 3. The SMILES string of the molecule is O=C(O)CC1CN(Cc2ccccc2)c2cc(NC(=O)CCCCNc3ccccn3)ccc2O1. The monoisotopic (exact) mass is 474 g/mol. The topological polar surface area (TPSA) is 104 Å². The second-order valence-corrected chi connectivity index (χ2v) is 8.53. The summed E-state index contributed by atoms with van der Waals surface area (Å²) in [6, 6.07) is 21.2. The molecule has 0 radical (unpaired) electrons. The number of anilines is 3. The molecule has 1 aromatic heterocycles. The van der Waals surface area contributed by atoms with Crippen molar-refractivity contribution in [3.05, 3.63) is 78.5 Å². The number of fused-ring (bicyclic) bond motifs is 1. The molecule has 0 fully saturated rings. The minimum absolute atomic E-state index is 0.0436. The summed E-state index contributed by atoms with van der Waals surface area (Å²) in [5.41, 5.74) is 2.65. The van der Waals surface area contributed by atoms with Gasteiger partial charge in [0, 0.05) is 31.4 Å². The van der Waals surface area contributed by atoms with E-state index in [9.17, 15) is 14.7 Å². The van der Waals surface area contributed by atoms with Gasteiger partial charge in [-0.05, 0) is 48.7 Å². The average molecular weight is 475 g/mol. The Labute approximate surface area is 204 Å². The summed E-state index contributed by atoms with van der Waals surface area (Å²) >= 11 is 0. The van der Waals surface area contributed by atoms with E-state index < -0.39 is 12.1 Å². The van der Waals surface area contributed by atoms with Crippen molar-refractivity contribution in [2.45, 2.75) is 38.3 Å². The first-order chi connectivity index (χ1) is 17.1. The van der Waals surface area contributed by atoms with Gasteiger partial charge < -0.3 is 25.4 Å². The van der Waals surface area contributed by atoms with Crippen LogP contribution >= 0.6 is 0 Å². The number of aliphatic carboxylic acids is 1. The van der Waals surface area contributed by atoms with Crippen LogP contribution < -0.4 is 20.3 Å². The van der Waals surface area contributed by atoms with E-state index in [1.54, 1.807) is 18.3 Å². The fourth-order valence-corrected chi connectivity index (χ4v) is 4.08. The molecule has 1 amide bonds. The number of pyridine rings is 1. The Hall–Kier alpha value is -4.07. The molecule has 2 heterocycles. The van der Waals surface area contributed by atoms with E-state index in [-0.39, 0.29) is 12.3 Å². The fourth-order valence-electron chi connectivity index (χ4n) is 4.08. The number of rotatable bonds is 11. The first-order valence-electron chi connectivity index (χ1n) is 11.8. The molecule has 0 aliphatic carbocycles. The number of carbonyl (C=O) groups excluding carboxylic acids is 1. The molecule has 1 atom stereocenters. The zero-order valence-electron chi connectivity index (χ0n) is 19.5. The molecular formula is C27H30N4O4. The molecule has 35 heavy (non-hydrogen) atoms. The van der Waals surface area contributed by atoms with Crippen LogP contribution in [-0.4, -0.2) is 41.2 Å². The van der Waals surface area contributed by atoms with E-state index >= 15 is 0 Å². The third-order valence-corrected chi connectivity index (χ3v) is 5.72. The Balaban J connectivity index is 1.35. The summed E-state index contributed by atoms with van der Waals surface area (Å²) in [5.74, 6) is 0.519. The van der Waals surface area contributed by atoms with Crippen LogP contribution in [0.15, 0.2) is 72.9 Å². The van der Waals surface area contributed by atoms with Gasteiger partial charge in [-0.3, -0.25) is 9.59 Å². The van der Waals surface area contributed by atoms with Gasteiger partial charge in [0.15, 0.2) is 0 Å². The van der Waals surface area contributed by atoms with E-state index in [0.717, 1.165) is 36.5 Å². The van der Waals surface area contributed by atoms with Crippen LogP contribution in [0.4, 0.5) is 17.2 Å². The molecule has 0 saturated heterocycles. The van der Waals surface area contributed by atoms with E-state index in [1.807, 2.05) is 54.6 Å². The zero-order valence-corrected chi connectivity index (χ0v) is 19.5. The lowest BCUT2D eigenvalue weighted by atomic mass is 10.1. The Morgan fingerprint density at radius 2 is 1.89 bits per heavy atom. The Morgan fingerprint density at radius 3 is 2.66 bits per heavy atom. The molecule has 1 aliphatic rings. The van der Waals surface area contributed by atoms with Gasteiger partial charge in [-0.2, -0.15) is 0 Å². The molecule has 0 spiro atoms. The Bertz CT molecular complexity index is 1120. The Kier molecular flexibility index (Phi) is 8.17. The smallest absolute Gasteiger partial charge is 0.307 e. The molecule has 1 aliphatic heterocycles. The minimum atomic E-state index is -0.891. The highest BCUT2D eigenvalue weighted by Gasteiger charge is 2.28. The number of nitrogens with one attached hydrogen (secondary N) is 2. The molecule has 1 unspecified atom stereocenters. The number of unbranched alkanes of at least 4 members (excludes halogenated alkanes) is 1. The van der Waals surface area contributed by atoms with Crippen LogP contribution in [0.1, 0.15) is 31.2 Å². The summed E-state index contributed by atoms with van der Waals surface area (Å²) in [7, 11) is 0. The number of carbonyl (C=O) groups is 2. The lowest BCUT2D eigenvalue weighted by Gasteiger charge is -2.36. The van der Waals surface area contributed by atoms with Gasteiger partial charge in [0.05, 0.1) is 18.7 Å². The van der Waals surface area contributed by atoms with E-state index in [2.05, 4.69) is 20.5 Å². The third-order valence-electron chi connectivity index (χ3n) is 5.72. The Morgan fingerprint density at radius 1 is 1.06 bits per heavy atom. The normalized spacial score (nSPS) is 14.5. The van der Waals surface area contributed by atoms with Gasteiger partial charge in [0.1, 0.15) is 17.7 Å². The van der Waals surface area contributed by atoms with E-state index in [4.69, 9.17) is 4.74 Å². The molecule has 4 rings (SSSR count).